The van der Waals surface area contributed by atoms with Crippen molar-refractivity contribution in [3.05, 3.63) is 17.5 Å². The second kappa shape index (κ2) is 8.65. The van der Waals surface area contributed by atoms with Crippen LogP contribution < -0.4 is 0 Å². The summed E-state index contributed by atoms with van der Waals surface area (Å²) in [6.07, 6.45) is 6.52. The van der Waals surface area contributed by atoms with E-state index in [2.05, 4.69) is 32.8 Å². The van der Waals surface area contributed by atoms with E-state index in [1.165, 1.54) is 0 Å². The van der Waals surface area contributed by atoms with E-state index >= 15 is 0 Å². The van der Waals surface area contributed by atoms with Gasteiger partial charge in [0.05, 0.1) is 23.5 Å². The number of rotatable bonds is 7. The number of unbranched alkanes of at least 4 members (excludes halogenated alkanes) is 1. The molecule has 2 atom stereocenters. The van der Waals surface area contributed by atoms with Crippen molar-refractivity contribution in [2.45, 2.75) is 79.1 Å². The van der Waals surface area contributed by atoms with Gasteiger partial charge in [-0.1, -0.05) is 40.5 Å². The molecule has 0 saturated carbocycles. The molecule has 5 nitrogen and oxygen atoms in total. The highest BCUT2D eigenvalue weighted by Crippen LogP contribution is 2.23. The molecule has 1 aromatic rings. The van der Waals surface area contributed by atoms with Crippen LogP contribution >= 0.6 is 0 Å². The van der Waals surface area contributed by atoms with Crippen molar-refractivity contribution in [3.8, 4) is 0 Å². The van der Waals surface area contributed by atoms with Crippen molar-refractivity contribution in [1.82, 2.24) is 14.7 Å². The average molecular weight is 335 g/mol. The van der Waals surface area contributed by atoms with Gasteiger partial charge >= 0.3 is 0 Å². The number of morpholine rings is 1. The van der Waals surface area contributed by atoms with Crippen LogP contribution in [-0.2, 0) is 11.3 Å². The topological polar surface area (TPSA) is 47.4 Å². The Morgan fingerprint density at radius 2 is 2.08 bits per heavy atom. The Hall–Kier alpha value is -1.36. The Bertz CT molecular complexity index is 539. The first-order valence-corrected chi connectivity index (χ1v) is 9.45. The molecule has 2 rings (SSSR count). The van der Waals surface area contributed by atoms with E-state index in [1.807, 2.05) is 22.7 Å². The fourth-order valence-electron chi connectivity index (χ4n) is 3.24. The van der Waals surface area contributed by atoms with Crippen LogP contribution in [0.1, 0.15) is 69.4 Å². The van der Waals surface area contributed by atoms with Crippen molar-refractivity contribution in [1.29, 1.82) is 0 Å². The molecule has 1 fully saturated rings. The van der Waals surface area contributed by atoms with Crippen LogP contribution in [0.5, 0.6) is 0 Å². The highest BCUT2D eigenvalue weighted by molar-refractivity contribution is 5.95. The molecule has 1 aromatic heterocycles. The summed E-state index contributed by atoms with van der Waals surface area (Å²) in [6, 6.07) is 0. The minimum Gasteiger partial charge on any atom is -0.371 e. The van der Waals surface area contributed by atoms with Gasteiger partial charge in [0.1, 0.15) is 0 Å². The Morgan fingerprint density at radius 1 is 1.33 bits per heavy atom. The third-order valence-corrected chi connectivity index (χ3v) is 4.73. The Labute approximate surface area is 146 Å². The summed E-state index contributed by atoms with van der Waals surface area (Å²) in [7, 11) is 0. The maximum absolute atomic E-state index is 13.0. The number of aryl methyl sites for hydroxylation is 2. The van der Waals surface area contributed by atoms with Crippen molar-refractivity contribution >= 4 is 5.91 Å². The van der Waals surface area contributed by atoms with Gasteiger partial charge in [0.2, 0.25) is 0 Å². The zero-order valence-electron chi connectivity index (χ0n) is 15.9. The standard InChI is InChI=1S/C19H33N3O2/c1-6-8-9-16-11-21(13-18(24-16)14(3)4)19(23)17-12-22(10-7-2)20-15(17)5/h12,14,16,18H,6-11,13H2,1-5H3/t16-,18-/m1/s1. The van der Waals surface area contributed by atoms with Gasteiger partial charge in [-0.3, -0.25) is 9.48 Å². The molecular formula is C19H33N3O2. The first-order chi connectivity index (χ1) is 11.5. The Morgan fingerprint density at radius 3 is 2.71 bits per heavy atom. The van der Waals surface area contributed by atoms with Gasteiger partial charge in [-0.2, -0.15) is 5.10 Å². The van der Waals surface area contributed by atoms with Crippen LogP contribution in [0.3, 0.4) is 0 Å². The van der Waals surface area contributed by atoms with Gasteiger partial charge < -0.3 is 9.64 Å². The number of ether oxygens (including phenoxy) is 1. The first kappa shape index (κ1) is 19.0. The number of nitrogens with zero attached hydrogens (tertiary/aromatic N) is 3. The molecule has 0 bridgehead atoms. The summed E-state index contributed by atoms with van der Waals surface area (Å²) in [5.74, 6) is 0.513. The van der Waals surface area contributed by atoms with E-state index < -0.39 is 0 Å². The summed E-state index contributed by atoms with van der Waals surface area (Å²) in [4.78, 5) is 15.0. The summed E-state index contributed by atoms with van der Waals surface area (Å²) >= 11 is 0. The van der Waals surface area contributed by atoms with Crippen molar-refractivity contribution in [2.24, 2.45) is 5.92 Å². The van der Waals surface area contributed by atoms with Gasteiger partial charge in [-0.25, -0.2) is 0 Å². The Balaban J connectivity index is 2.13. The highest BCUT2D eigenvalue weighted by Gasteiger charge is 2.33. The lowest BCUT2D eigenvalue weighted by atomic mass is 10.0. The van der Waals surface area contributed by atoms with Crippen LogP contribution in [0.4, 0.5) is 0 Å². The molecule has 24 heavy (non-hydrogen) atoms. The van der Waals surface area contributed by atoms with Gasteiger partial charge in [-0.05, 0) is 25.7 Å². The molecule has 1 saturated heterocycles. The summed E-state index contributed by atoms with van der Waals surface area (Å²) in [5.41, 5.74) is 1.56. The fourth-order valence-corrected chi connectivity index (χ4v) is 3.24. The normalized spacial score (nSPS) is 21.5. The van der Waals surface area contributed by atoms with E-state index in [9.17, 15) is 4.79 Å². The van der Waals surface area contributed by atoms with Gasteiger partial charge in [0.25, 0.3) is 5.91 Å². The lowest BCUT2D eigenvalue weighted by molar-refractivity contribution is -0.0962. The predicted octanol–water partition coefficient (Wildman–Crippen LogP) is 3.66. The molecule has 1 aliphatic rings. The molecule has 0 aliphatic carbocycles. The number of hydrogen-bond acceptors (Lipinski definition) is 3. The number of aromatic nitrogens is 2. The van der Waals surface area contributed by atoms with Crippen LogP contribution in [0.2, 0.25) is 0 Å². The lowest BCUT2D eigenvalue weighted by Crippen LogP contribution is -2.51. The SMILES string of the molecule is CCCC[C@@H]1CN(C(=O)c2cn(CCC)nc2C)C[C@H](C(C)C)O1. The zero-order valence-corrected chi connectivity index (χ0v) is 15.9. The second-order valence-electron chi connectivity index (χ2n) is 7.28. The minimum atomic E-state index is 0.102. The largest absolute Gasteiger partial charge is 0.371 e. The Kier molecular flexibility index (Phi) is 6.84. The summed E-state index contributed by atoms with van der Waals surface area (Å²) in [6.45, 7) is 12.8. The highest BCUT2D eigenvalue weighted by atomic mass is 16.5. The number of hydrogen-bond donors (Lipinski definition) is 0. The van der Waals surface area contributed by atoms with Crippen LogP contribution in [0.25, 0.3) is 0 Å². The second-order valence-corrected chi connectivity index (χ2v) is 7.28. The maximum atomic E-state index is 13.0. The van der Waals surface area contributed by atoms with E-state index in [4.69, 9.17) is 4.74 Å². The molecule has 5 heteroatoms. The van der Waals surface area contributed by atoms with Crippen LogP contribution in [-0.4, -0.2) is 45.9 Å². The monoisotopic (exact) mass is 335 g/mol. The average Bonchev–Trinajstić information content (AvgIpc) is 2.92. The maximum Gasteiger partial charge on any atom is 0.257 e. The molecule has 0 unspecified atom stereocenters. The molecule has 0 N–H and O–H groups in total. The molecular weight excluding hydrogens is 302 g/mol. The van der Waals surface area contributed by atoms with E-state index in [1.54, 1.807) is 0 Å². The van der Waals surface area contributed by atoms with E-state index in [0.717, 1.165) is 43.5 Å². The third-order valence-electron chi connectivity index (χ3n) is 4.73. The quantitative estimate of drug-likeness (QED) is 0.764. The van der Waals surface area contributed by atoms with Crippen molar-refractivity contribution in [2.75, 3.05) is 13.1 Å². The zero-order chi connectivity index (χ0) is 17.7. The van der Waals surface area contributed by atoms with E-state index in [0.29, 0.717) is 19.0 Å². The molecule has 2 heterocycles. The third kappa shape index (κ3) is 4.59. The molecule has 0 aromatic carbocycles. The van der Waals surface area contributed by atoms with Gasteiger partial charge in [0, 0.05) is 25.8 Å². The van der Waals surface area contributed by atoms with Gasteiger partial charge in [0.15, 0.2) is 0 Å². The predicted molar refractivity (Wildman–Crippen MR) is 96.2 cm³/mol. The number of carbonyl (C=O) groups excluding carboxylic acids is 1. The number of amides is 1. The van der Waals surface area contributed by atoms with E-state index in [-0.39, 0.29) is 18.1 Å². The van der Waals surface area contributed by atoms with Crippen LogP contribution in [0.15, 0.2) is 6.20 Å². The summed E-state index contributed by atoms with van der Waals surface area (Å²) < 4.78 is 8.11. The van der Waals surface area contributed by atoms with Crippen molar-refractivity contribution < 1.29 is 9.53 Å². The van der Waals surface area contributed by atoms with Crippen LogP contribution in [0, 0.1) is 12.8 Å². The first-order valence-electron chi connectivity index (χ1n) is 9.45. The van der Waals surface area contributed by atoms with Crippen molar-refractivity contribution in [3.63, 3.8) is 0 Å². The summed E-state index contributed by atoms with van der Waals surface area (Å²) in [5, 5.41) is 4.48. The molecule has 0 spiro atoms. The smallest absolute Gasteiger partial charge is 0.257 e. The number of carbonyl (C=O) groups is 1. The lowest BCUT2D eigenvalue weighted by Gasteiger charge is -2.40. The fraction of sp³-hybridized carbons (Fsp3) is 0.789. The molecule has 1 aliphatic heterocycles. The minimum absolute atomic E-state index is 0.102. The molecule has 0 radical (unpaired) electrons. The molecule has 1 amide bonds. The van der Waals surface area contributed by atoms with Gasteiger partial charge in [-0.15, -0.1) is 0 Å². The molecule has 136 valence electrons.